The molecular weight excluding hydrogens is 630 g/mol. The molecule has 1 saturated carbocycles. The van der Waals surface area contributed by atoms with Crippen molar-refractivity contribution >= 4 is 39.1 Å². The summed E-state index contributed by atoms with van der Waals surface area (Å²) >= 11 is 6.36. The highest BCUT2D eigenvalue weighted by Crippen LogP contribution is 2.37. The van der Waals surface area contributed by atoms with Crippen LogP contribution in [-0.4, -0.2) is 65.1 Å². The minimum atomic E-state index is -4.43. The third kappa shape index (κ3) is 7.87. The van der Waals surface area contributed by atoms with E-state index in [1.807, 2.05) is 38.1 Å². The van der Waals surface area contributed by atoms with Crippen LogP contribution in [0.4, 0.5) is 5.69 Å². The quantitative estimate of drug-likeness (QED) is 0.233. The zero-order valence-corrected chi connectivity index (χ0v) is 28.5. The van der Waals surface area contributed by atoms with Gasteiger partial charge in [-0.25, -0.2) is 8.42 Å². The number of nitrogens with zero attached hydrogens (tertiary/aromatic N) is 2. The van der Waals surface area contributed by atoms with Gasteiger partial charge in [-0.2, -0.15) is 0 Å². The van der Waals surface area contributed by atoms with Gasteiger partial charge in [0.15, 0.2) is 11.5 Å². The molecule has 0 bridgehead atoms. The lowest BCUT2D eigenvalue weighted by atomic mass is 10.1. The van der Waals surface area contributed by atoms with Crippen LogP contribution in [0.2, 0.25) is 5.02 Å². The number of benzene rings is 3. The number of hydrogen-bond acceptors (Lipinski definition) is 7. The van der Waals surface area contributed by atoms with Gasteiger partial charge in [-0.3, -0.25) is 13.9 Å². The third-order valence-corrected chi connectivity index (χ3v) is 10.3. The van der Waals surface area contributed by atoms with Crippen molar-refractivity contribution in [2.75, 3.05) is 32.2 Å². The summed E-state index contributed by atoms with van der Waals surface area (Å²) in [5, 5.41) is 3.37. The Morgan fingerprint density at radius 1 is 0.935 bits per heavy atom. The van der Waals surface area contributed by atoms with Gasteiger partial charge in [0.25, 0.3) is 10.0 Å². The summed E-state index contributed by atoms with van der Waals surface area (Å²) in [6.07, 6.45) is 4.19. The van der Waals surface area contributed by atoms with Crippen LogP contribution in [0.3, 0.4) is 0 Å². The Morgan fingerprint density at radius 2 is 1.59 bits per heavy atom. The smallest absolute Gasteiger partial charge is 0.265 e. The monoisotopic (exact) mass is 671 g/mol. The second-order valence-corrected chi connectivity index (χ2v) is 13.5. The van der Waals surface area contributed by atoms with Gasteiger partial charge >= 0.3 is 0 Å². The SMILES string of the molecule is CC[C@@H](C(=O)NC1CCCC1)N(Cc1ccccc1C)C(=O)CN(c1cc(Cl)ccc1OC)S(=O)(=O)c1ccc(OC)c(OC)c1. The summed E-state index contributed by atoms with van der Waals surface area (Å²) < 4.78 is 46.0. The number of anilines is 1. The molecule has 2 amide bonds. The number of amides is 2. The fourth-order valence-electron chi connectivity index (χ4n) is 5.73. The van der Waals surface area contributed by atoms with Gasteiger partial charge in [-0.1, -0.05) is 55.6 Å². The summed E-state index contributed by atoms with van der Waals surface area (Å²) in [5.74, 6) is -0.0944. The predicted octanol–water partition coefficient (Wildman–Crippen LogP) is 5.74. The van der Waals surface area contributed by atoms with Crippen LogP contribution in [0.5, 0.6) is 17.2 Å². The number of nitrogens with one attached hydrogen (secondary N) is 1. The number of methoxy groups -OCH3 is 3. The molecule has 4 rings (SSSR count). The number of carbonyl (C=O) groups excluding carboxylic acids is 2. The molecule has 3 aromatic carbocycles. The van der Waals surface area contributed by atoms with E-state index in [0.29, 0.717) is 12.2 Å². The van der Waals surface area contributed by atoms with Gasteiger partial charge in [-0.15, -0.1) is 0 Å². The maximum absolute atomic E-state index is 14.5. The zero-order valence-electron chi connectivity index (χ0n) is 26.9. The average Bonchev–Trinajstić information content (AvgIpc) is 3.56. The fourth-order valence-corrected chi connectivity index (χ4v) is 7.33. The van der Waals surface area contributed by atoms with Gasteiger partial charge in [-0.05, 0) is 67.6 Å². The predicted molar refractivity (Wildman–Crippen MR) is 178 cm³/mol. The van der Waals surface area contributed by atoms with Crippen molar-refractivity contribution in [2.45, 2.75) is 69.5 Å². The largest absolute Gasteiger partial charge is 0.495 e. The van der Waals surface area contributed by atoms with E-state index in [4.69, 9.17) is 25.8 Å². The average molecular weight is 672 g/mol. The first-order valence-electron chi connectivity index (χ1n) is 15.3. The van der Waals surface area contributed by atoms with Crippen molar-refractivity contribution in [2.24, 2.45) is 0 Å². The number of ether oxygens (including phenoxy) is 3. The van der Waals surface area contributed by atoms with Crippen molar-refractivity contribution in [1.29, 1.82) is 0 Å². The van der Waals surface area contributed by atoms with Gasteiger partial charge in [0, 0.05) is 23.7 Å². The molecule has 0 aromatic heterocycles. The van der Waals surface area contributed by atoms with Gasteiger partial charge in [0.2, 0.25) is 11.8 Å². The van der Waals surface area contributed by atoms with Crippen LogP contribution >= 0.6 is 11.6 Å². The summed E-state index contributed by atoms with van der Waals surface area (Å²) in [5.41, 5.74) is 1.85. The van der Waals surface area contributed by atoms with Crippen LogP contribution < -0.4 is 23.8 Å². The fraction of sp³-hybridized carbons (Fsp3) is 0.412. The van der Waals surface area contributed by atoms with E-state index in [9.17, 15) is 18.0 Å². The molecule has 0 heterocycles. The topological polar surface area (TPSA) is 114 Å². The molecule has 10 nitrogen and oxygen atoms in total. The second-order valence-electron chi connectivity index (χ2n) is 11.2. The van der Waals surface area contributed by atoms with Crippen LogP contribution in [0.25, 0.3) is 0 Å². The molecular formula is C34H42ClN3O7S. The molecule has 0 saturated heterocycles. The number of aryl methyl sites for hydroxylation is 1. The Bertz CT molecular complexity index is 1640. The van der Waals surface area contributed by atoms with E-state index in [1.54, 1.807) is 6.07 Å². The first kappa shape index (κ1) is 34.9. The van der Waals surface area contributed by atoms with Gasteiger partial charge in [0.05, 0.1) is 31.9 Å². The summed E-state index contributed by atoms with van der Waals surface area (Å²) in [4.78, 5) is 29.5. The Kier molecular flexibility index (Phi) is 11.8. The summed E-state index contributed by atoms with van der Waals surface area (Å²) in [7, 11) is -0.176. The standard InChI is InChI=1S/C34H42ClN3O7S/c1-6-28(34(40)36-26-13-9-10-14-26)37(21-24-12-8-7-11-23(24)2)33(39)22-38(29-19-25(35)15-17-30(29)43-3)46(41,42)27-16-18-31(44-4)32(20-27)45-5/h7-8,11-12,15-20,26,28H,6,9-10,13-14,21-22H2,1-5H3,(H,36,40)/t28-/m0/s1. The lowest BCUT2D eigenvalue weighted by Crippen LogP contribution is -2.53. The molecule has 1 fully saturated rings. The van der Waals surface area contributed by atoms with Crippen LogP contribution in [0.15, 0.2) is 65.6 Å². The minimum Gasteiger partial charge on any atom is -0.495 e. The number of carbonyl (C=O) groups is 2. The van der Waals surface area contributed by atoms with Crippen LogP contribution in [0, 0.1) is 6.92 Å². The van der Waals surface area contributed by atoms with Gasteiger partial charge in [0.1, 0.15) is 18.3 Å². The molecule has 1 N–H and O–H groups in total. The van der Waals surface area contributed by atoms with E-state index >= 15 is 0 Å². The van der Waals surface area contributed by atoms with E-state index in [2.05, 4.69) is 5.32 Å². The molecule has 0 unspecified atom stereocenters. The number of rotatable bonds is 14. The summed E-state index contributed by atoms with van der Waals surface area (Å²) in [6.45, 7) is 3.25. The Hall–Kier alpha value is -3.96. The molecule has 1 aliphatic rings. The van der Waals surface area contributed by atoms with Crippen molar-refractivity contribution in [3.05, 3.63) is 76.8 Å². The third-order valence-electron chi connectivity index (χ3n) is 8.32. The maximum Gasteiger partial charge on any atom is 0.265 e. The highest BCUT2D eigenvalue weighted by atomic mass is 35.5. The second kappa shape index (κ2) is 15.6. The molecule has 1 aliphatic carbocycles. The molecule has 248 valence electrons. The molecule has 12 heteroatoms. The zero-order chi connectivity index (χ0) is 33.4. The van der Waals surface area contributed by atoms with E-state index < -0.39 is 28.5 Å². The molecule has 0 aliphatic heterocycles. The highest BCUT2D eigenvalue weighted by Gasteiger charge is 2.36. The van der Waals surface area contributed by atoms with E-state index in [1.165, 1.54) is 56.6 Å². The van der Waals surface area contributed by atoms with Crippen molar-refractivity contribution in [3.63, 3.8) is 0 Å². The number of sulfonamides is 1. The van der Waals surface area contributed by atoms with Crippen molar-refractivity contribution in [1.82, 2.24) is 10.2 Å². The van der Waals surface area contributed by atoms with Crippen molar-refractivity contribution < 1.29 is 32.2 Å². The lowest BCUT2D eigenvalue weighted by molar-refractivity contribution is -0.140. The first-order chi connectivity index (χ1) is 22.0. The van der Waals surface area contributed by atoms with Gasteiger partial charge < -0.3 is 24.4 Å². The molecule has 46 heavy (non-hydrogen) atoms. The summed E-state index contributed by atoms with van der Waals surface area (Å²) in [6, 6.07) is 15.5. The Labute approximate surface area is 276 Å². The molecule has 0 spiro atoms. The minimum absolute atomic E-state index is 0.0506. The van der Waals surface area contributed by atoms with E-state index in [-0.39, 0.29) is 45.6 Å². The highest BCUT2D eigenvalue weighted by molar-refractivity contribution is 7.92. The maximum atomic E-state index is 14.5. The first-order valence-corrected chi connectivity index (χ1v) is 17.1. The number of halogens is 1. The number of hydrogen-bond donors (Lipinski definition) is 1. The van der Waals surface area contributed by atoms with Crippen LogP contribution in [0.1, 0.15) is 50.2 Å². The molecule has 1 atom stereocenters. The lowest BCUT2D eigenvalue weighted by Gasteiger charge is -2.34. The Balaban J connectivity index is 1.81. The van der Waals surface area contributed by atoms with Crippen LogP contribution in [-0.2, 0) is 26.2 Å². The van der Waals surface area contributed by atoms with Crippen molar-refractivity contribution in [3.8, 4) is 17.2 Å². The molecule has 3 aromatic rings. The molecule has 0 radical (unpaired) electrons. The Morgan fingerprint density at radius 3 is 2.22 bits per heavy atom. The van der Waals surface area contributed by atoms with E-state index in [0.717, 1.165) is 41.1 Å². The normalized spacial score (nSPS) is 14.0.